The van der Waals surface area contributed by atoms with Gasteiger partial charge in [0.15, 0.2) is 17.0 Å². The van der Waals surface area contributed by atoms with Crippen LogP contribution in [0.15, 0.2) is 24.5 Å². The molecule has 0 unspecified atom stereocenters. The molecule has 0 radical (unpaired) electrons. The minimum Gasteiger partial charge on any atom is -0.381 e. The van der Waals surface area contributed by atoms with E-state index in [1.807, 2.05) is 0 Å². The molecule has 0 spiro atoms. The van der Waals surface area contributed by atoms with E-state index in [1.54, 1.807) is 7.05 Å². The predicted octanol–water partition coefficient (Wildman–Crippen LogP) is 3.12. The van der Waals surface area contributed by atoms with Crippen LogP contribution in [0.3, 0.4) is 0 Å². The molecule has 10 nitrogen and oxygen atoms in total. The van der Waals surface area contributed by atoms with E-state index in [9.17, 15) is 4.79 Å². The number of ether oxygens (including phenoxy) is 2. The number of hydrogen-bond donors (Lipinski definition) is 3. The fourth-order valence-electron chi connectivity index (χ4n) is 4.81. The maximum atomic E-state index is 13.0. The van der Waals surface area contributed by atoms with Gasteiger partial charge in [-0.15, -0.1) is 0 Å². The first-order valence-electron chi connectivity index (χ1n) is 11.5. The first kappa shape index (κ1) is 20.4. The average molecular weight is 450 g/mol. The molecule has 1 saturated carbocycles. The molecule has 1 amide bonds. The zero-order valence-corrected chi connectivity index (χ0v) is 18.5. The van der Waals surface area contributed by atoms with Gasteiger partial charge in [-0.2, -0.15) is 9.97 Å². The number of imidazole rings is 1. The number of carbonyl (C=O) groups excluding carboxylic acids is 1. The summed E-state index contributed by atoms with van der Waals surface area (Å²) in [5, 5.41) is 9.50. The van der Waals surface area contributed by atoms with Crippen molar-refractivity contribution >= 4 is 34.6 Å². The lowest BCUT2D eigenvalue weighted by Gasteiger charge is -2.37. The molecule has 4 bridgehead atoms. The van der Waals surface area contributed by atoms with Crippen molar-refractivity contribution < 1.29 is 14.3 Å². The zero-order valence-electron chi connectivity index (χ0n) is 18.5. The molecule has 172 valence electrons. The summed E-state index contributed by atoms with van der Waals surface area (Å²) in [6, 6.07) is 6.19. The van der Waals surface area contributed by atoms with Crippen LogP contribution in [-0.2, 0) is 16.1 Å². The fraction of sp³-hybridized carbons (Fsp3) is 0.478. The Morgan fingerprint density at radius 3 is 2.79 bits per heavy atom. The largest absolute Gasteiger partial charge is 0.381 e. The molecule has 1 aliphatic carbocycles. The Morgan fingerprint density at radius 1 is 1.12 bits per heavy atom. The third-order valence-corrected chi connectivity index (χ3v) is 6.80. The predicted molar refractivity (Wildman–Crippen MR) is 123 cm³/mol. The number of nitrogens with one attached hydrogen (secondary N) is 3. The Bertz CT molecular complexity index is 1200. The van der Waals surface area contributed by atoms with Crippen molar-refractivity contribution in [1.82, 2.24) is 24.8 Å². The molecule has 6 rings (SSSR count). The van der Waals surface area contributed by atoms with E-state index in [4.69, 9.17) is 9.47 Å². The Kier molecular flexibility index (Phi) is 5.11. The van der Waals surface area contributed by atoms with Crippen LogP contribution in [0.25, 0.3) is 11.2 Å². The van der Waals surface area contributed by atoms with E-state index in [2.05, 4.69) is 49.1 Å². The number of carbonyl (C=O) groups is 1. The van der Waals surface area contributed by atoms with Gasteiger partial charge in [-0.25, -0.2) is 14.3 Å². The molecule has 3 aromatic rings. The zero-order chi connectivity index (χ0) is 22.4. The van der Waals surface area contributed by atoms with E-state index in [0.717, 1.165) is 50.1 Å². The number of rotatable bonds is 2. The highest BCUT2D eigenvalue weighted by Crippen LogP contribution is 2.32. The fourth-order valence-corrected chi connectivity index (χ4v) is 4.81. The lowest BCUT2D eigenvalue weighted by Crippen LogP contribution is -2.52. The molecule has 2 fully saturated rings. The van der Waals surface area contributed by atoms with E-state index < -0.39 is 0 Å². The van der Waals surface area contributed by atoms with E-state index >= 15 is 0 Å². The summed E-state index contributed by atoms with van der Waals surface area (Å²) >= 11 is 0. The smallest absolute Gasteiger partial charge is 0.328 e. The van der Waals surface area contributed by atoms with Gasteiger partial charge in [0, 0.05) is 25.9 Å². The van der Waals surface area contributed by atoms with Gasteiger partial charge in [-0.3, -0.25) is 0 Å². The lowest BCUT2D eigenvalue weighted by molar-refractivity contribution is -0.0323. The summed E-state index contributed by atoms with van der Waals surface area (Å²) in [5.41, 5.74) is 4.26. The molecule has 4 heterocycles. The van der Waals surface area contributed by atoms with Crippen LogP contribution in [0.1, 0.15) is 42.7 Å². The van der Waals surface area contributed by atoms with Gasteiger partial charge in [0.25, 0.3) is 0 Å². The summed E-state index contributed by atoms with van der Waals surface area (Å²) in [7, 11) is 1.78. The summed E-state index contributed by atoms with van der Waals surface area (Å²) in [6.45, 7) is 2.06. The third-order valence-electron chi connectivity index (χ3n) is 6.80. The van der Waals surface area contributed by atoms with Crippen LogP contribution in [0.2, 0.25) is 0 Å². The topological polar surface area (TPSA) is 115 Å². The standard InChI is InChI=1S/C23H27N7O3/c1-24-20-19-21-29-22(28-20)26-16-9-13(8-15(10-16)14-4-6-32-7-5-14)11-33-18-3-2-17(18)27-23(31)30(21)12-25-19/h8-10,12,14,17-18H,2-7,11H2,1H3,(H,27,31)(H2,24,26,28,29)/t17-,18-/m1/s1. The molecular weight excluding hydrogens is 422 g/mol. The quantitative estimate of drug-likeness (QED) is 0.547. The van der Waals surface area contributed by atoms with Gasteiger partial charge in [0.05, 0.1) is 18.8 Å². The van der Waals surface area contributed by atoms with Crippen molar-refractivity contribution in [3.8, 4) is 0 Å². The van der Waals surface area contributed by atoms with E-state index in [-0.39, 0.29) is 18.2 Å². The average Bonchev–Trinajstić information content (AvgIpc) is 3.25. The molecule has 2 aliphatic heterocycles. The number of aromatic nitrogens is 4. The molecule has 2 aromatic heterocycles. The monoisotopic (exact) mass is 449 g/mol. The number of nitrogens with zero attached hydrogens (tertiary/aromatic N) is 4. The van der Waals surface area contributed by atoms with Crippen LogP contribution in [0, 0.1) is 0 Å². The van der Waals surface area contributed by atoms with Crippen molar-refractivity contribution in [3.63, 3.8) is 0 Å². The van der Waals surface area contributed by atoms with Gasteiger partial charge in [0.2, 0.25) is 5.95 Å². The van der Waals surface area contributed by atoms with Crippen molar-refractivity contribution in [2.45, 2.75) is 50.4 Å². The molecule has 33 heavy (non-hydrogen) atoms. The second kappa shape index (κ2) is 8.27. The minimum absolute atomic E-state index is 0.00659. The van der Waals surface area contributed by atoms with E-state index in [1.165, 1.54) is 16.5 Å². The maximum Gasteiger partial charge on any atom is 0.328 e. The van der Waals surface area contributed by atoms with Crippen LogP contribution >= 0.6 is 0 Å². The van der Waals surface area contributed by atoms with Crippen molar-refractivity contribution in [2.24, 2.45) is 0 Å². The van der Waals surface area contributed by atoms with Crippen molar-refractivity contribution in [3.05, 3.63) is 35.7 Å². The molecule has 2 atom stereocenters. The highest BCUT2D eigenvalue weighted by Gasteiger charge is 2.34. The SMILES string of the molecule is CNc1nc2nc3c1ncn3C(=O)N[C@@H]1CC[C@H]1OCc1cc(cc(C3CCOCC3)c1)N2. The number of anilines is 3. The second-order valence-electron chi connectivity index (χ2n) is 8.89. The normalized spacial score (nSPS) is 23.2. The molecule has 3 N–H and O–H groups in total. The molecule has 3 aliphatic rings. The second-order valence-corrected chi connectivity index (χ2v) is 8.89. The van der Waals surface area contributed by atoms with Gasteiger partial charge in [0.1, 0.15) is 6.33 Å². The Hall–Kier alpha value is -3.24. The highest BCUT2D eigenvalue weighted by atomic mass is 16.5. The number of hydrogen-bond acceptors (Lipinski definition) is 8. The molecule has 1 aromatic carbocycles. The number of fused-ring (bicyclic) bond motifs is 4. The Labute approximate surface area is 191 Å². The third kappa shape index (κ3) is 3.79. The Morgan fingerprint density at radius 2 is 2.00 bits per heavy atom. The summed E-state index contributed by atoms with van der Waals surface area (Å²) in [5.74, 6) is 1.41. The lowest BCUT2D eigenvalue weighted by atomic mass is 9.88. The number of amides is 1. The summed E-state index contributed by atoms with van der Waals surface area (Å²) in [6.07, 6.45) is 5.31. The molecular formula is C23H27N7O3. The minimum atomic E-state index is -0.264. The van der Waals surface area contributed by atoms with Gasteiger partial charge >= 0.3 is 6.03 Å². The van der Waals surface area contributed by atoms with Gasteiger partial charge in [-0.05, 0) is 54.9 Å². The maximum absolute atomic E-state index is 13.0. The van der Waals surface area contributed by atoms with Gasteiger partial charge in [-0.1, -0.05) is 6.07 Å². The van der Waals surface area contributed by atoms with Crippen LogP contribution < -0.4 is 16.0 Å². The van der Waals surface area contributed by atoms with Crippen LogP contribution in [-0.4, -0.2) is 58.0 Å². The van der Waals surface area contributed by atoms with Crippen molar-refractivity contribution in [1.29, 1.82) is 0 Å². The van der Waals surface area contributed by atoms with Gasteiger partial charge < -0.3 is 25.4 Å². The van der Waals surface area contributed by atoms with Crippen molar-refractivity contribution in [2.75, 3.05) is 30.9 Å². The highest BCUT2D eigenvalue weighted by molar-refractivity contribution is 5.92. The first-order chi connectivity index (χ1) is 16.2. The summed E-state index contributed by atoms with van der Waals surface area (Å²) in [4.78, 5) is 26.6. The first-order valence-corrected chi connectivity index (χ1v) is 11.5. The Balaban J connectivity index is 1.45. The van der Waals surface area contributed by atoms with Crippen LogP contribution in [0.4, 0.5) is 22.2 Å². The van der Waals surface area contributed by atoms with E-state index in [0.29, 0.717) is 35.5 Å². The van der Waals surface area contributed by atoms with Crippen LogP contribution in [0.5, 0.6) is 0 Å². The molecule has 10 heteroatoms. The summed E-state index contributed by atoms with van der Waals surface area (Å²) < 4.78 is 13.2. The number of benzene rings is 1. The molecule has 1 saturated heterocycles.